The van der Waals surface area contributed by atoms with Crippen LogP contribution in [0.25, 0.3) is 0 Å². The van der Waals surface area contributed by atoms with Gasteiger partial charge in [-0.3, -0.25) is 14.2 Å². The first-order chi connectivity index (χ1) is 11.5. The van der Waals surface area contributed by atoms with Gasteiger partial charge in [0.15, 0.2) is 5.16 Å². The highest BCUT2D eigenvalue weighted by Crippen LogP contribution is 2.33. The fourth-order valence-corrected chi connectivity index (χ4v) is 4.46. The third-order valence-electron chi connectivity index (χ3n) is 3.83. The average molecular weight is 361 g/mol. The first kappa shape index (κ1) is 17.1. The number of aromatic nitrogens is 2. The molecule has 0 aliphatic carbocycles. The smallest absolute Gasteiger partial charge is 0.267 e. The standard InChI is InChI=1S/C17H19N3O2S2/c1-10-6-4-5-7-12(10)18-14(21)9-23-17-19-13-8-11(2)24-15(13)16(22)20(17)3/h4-7,11H,8-9H2,1-3H3,(H,18,21). The van der Waals surface area contributed by atoms with E-state index in [-0.39, 0.29) is 17.2 Å². The number of fused-ring (bicyclic) bond motifs is 1. The Bertz CT molecular complexity index is 848. The monoisotopic (exact) mass is 361 g/mol. The number of carbonyl (C=O) groups is 1. The van der Waals surface area contributed by atoms with Crippen molar-refractivity contribution < 1.29 is 4.79 Å². The molecule has 24 heavy (non-hydrogen) atoms. The van der Waals surface area contributed by atoms with Gasteiger partial charge in [0.2, 0.25) is 5.91 Å². The number of hydrogen-bond acceptors (Lipinski definition) is 5. The molecule has 1 atom stereocenters. The molecule has 126 valence electrons. The van der Waals surface area contributed by atoms with Crippen molar-refractivity contribution in [3.8, 4) is 0 Å². The summed E-state index contributed by atoms with van der Waals surface area (Å²) in [4.78, 5) is 29.9. The minimum atomic E-state index is -0.105. The van der Waals surface area contributed by atoms with E-state index < -0.39 is 0 Å². The summed E-state index contributed by atoms with van der Waals surface area (Å²) in [6, 6.07) is 7.65. The molecule has 1 N–H and O–H groups in total. The van der Waals surface area contributed by atoms with E-state index in [1.54, 1.807) is 18.8 Å². The van der Waals surface area contributed by atoms with Crippen LogP contribution in [-0.2, 0) is 18.3 Å². The Balaban J connectivity index is 1.70. The highest BCUT2D eigenvalue weighted by Gasteiger charge is 2.25. The van der Waals surface area contributed by atoms with E-state index in [0.717, 1.165) is 28.3 Å². The Labute approximate surface area is 149 Å². The summed E-state index contributed by atoms with van der Waals surface area (Å²) in [5.41, 5.74) is 2.67. The first-order valence-electron chi connectivity index (χ1n) is 7.70. The number of nitrogens with zero attached hydrogens (tertiary/aromatic N) is 2. The molecule has 5 nitrogen and oxygen atoms in total. The maximum Gasteiger partial charge on any atom is 0.267 e. The van der Waals surface area contributed by atoms with E-state index in [4.69, 9.17) is 0 Å². The fraction of sp³-hybridized carbons (Fsp3) is 0.353. The molecule has 1 amide bonds. The molecule has 2 heterocycles. The quantitative estimate of drug-likeness (QED) is 0.670. The zero-order valence-electron chi connectivity index (χ0n) is 13.8. The Morgan fingerprint density at radius 1 is 1.46 bits per heavy atom. The number of thioether (sulfide) groups is 2. The Kier molecular flexibility index (Phi) is 5.01. The summed E-state index contributed by atoms with van der Waals surface area (Å²) >= 11 is 2.88. The van der Waals surface area contributed by atoms with Crippen LogP contribution in [0.2, 0.25) is 0 Å². The van der Waals surface area contributed by atoms with Crippen molar-refractivity contribution in [2.24, 2.45) is 7.05 Å². The third-order valence-corrected chi connectivity index (χ3v) is 6.07. The van der Waals surface area contributed by atoms with Crippen LogP contribution < -0.4 is 10.9 Å². The molecule has 1 aromatic carbocycles. The SMILES string of the molecule is Cc1ccccc1NC(=O)CSc1nc2c(c(=O)n1C)SC(C)C2. The van der Waals surface area contributed by atoms with E-state index in [9.17, 15) is 9.59 Å². The second kappa shape index (κ2) is 7.03. The maximum absolute atomic E-state index is 12.4. The molecular weight excluding hydrogens is 342 g/mol. The van der Waals surface area contributed by atoms with Crippen LogP contribution >= 0.6 is 23.5 Å². The van der Waals surface area contributed by atoms with Crippen molar-refractivity contribution in [2.45, 2.75) is 35.6 Å². The van der Waals surface area contributed by atoms with Gasteiger partial charge in [0, 0.05) is 24.4 Å². The summed E-state index contributed by atoms with van der Waals surface area (Å²) in [5.74, 6) is 0.114. The second-order valence-corrected chi connectivity index (χ2v) is 8.21. The highest BCUT2D eigenvalue weighted by molar-refractivity contribution is 8.00. The lowest BCUT2D eigenvalue weighted by atomic mass is 10.2. The predicted octanol–water partition coefficient (Wildman–Crippen LogP) is 2.86. The topological polar surface area (TPSA) is 64.0 Å². The summed E-state index contributed by atoms with van der Waals surface area (Å²) in [6.07, 6.45) is 0.805. The van der Waals surface area contributed by atoms with Crippen molar-refractivity contribution in [3.63, 3.8) is 0 Å². The molecule has 1 aliphatic rings. The van der Waals surface area contributed by atoms with Crippen LogP contribution in [0.15, 0.2) is 39.1 Å². The Hall–Kier alpha value is -1.73. The van der Waals surface area contributed by atoms with Crippen LogP contribution in [0.3, 0.4) is 0 Å². The molecule has 0 saturated carbocycles. The van der Waals surface area contributed by atoms with E-state index in [1.165, 1.54) is 16.3 Å². The lowest BCUT2D eigenvalue weighted by Crippen LogP contribution is -2.23. The number of carbonyl (C=O) groups excluding carboxylic acids is 1. The number of hydrogen-bond donors (Lipinski definition) is 1. The number of rotatable bonds is 4. The molecular formula is C17H19N3O2S2. The Morgan fingerprint density at radius 3 is 2.96 bits per heavy atom. The molecule has 1 aliphatic heterocycles. The molecule has 2 aromatic rings. The number of amides is 1. The van der Waals surface area contributed by atoms with Gasteiger partial charge in [0.1, 0.15) is 0 Å². The highest BCUT2D eigenvalue weighted by atomic mass is 32.2. The maximum atomic E-state index is 12.4. The largest absolute Gasteiger partial charge is 0.325 e. The molecule has 1 unspecified atom stereocenters. The zero-order chi connectivity index (χ0) is 17.3. The lowest BCUT2D eigenvalue weighted by Gasteiger charge is -2.10. The van der Waals surface area contributed by atoms with Crippen LogP contribution in [0, 0.1) is 6.92 Å². The van der Waals surface area contributed by atoms with Gasteiger partial charge in [-0.2, -0.15) is 0 Å². The predicted molar refractivity (Wildman–Crippen MR) is 99.0 cm³/mol. The molecule has 0 spiro atoms. The molecule has 0 saturated heterocycles. The number of nitrogens with one attached hydrogen (secondary N) is 1. The van der Waals surface area contributed by atoms with Gasteiger partial charge < -0.3 is 5.32 Å². The molecule has 7 heteroatoms. The average Bonchev–Trinajstić information content (AvgIpc) is 2.92. The number of aryl methyl sites for hydroxylation is 1. The van der Waals surface area contributed by atoms with Gasteiger partial charge in [-0.15, -0.1) is 11.8 Å². The normalized spacial score (nSPS) is 16.0. The Morgan fingerprint density at radius 2 is 2.21 bits per heavy atom. The van der Waals surface area contributed by atoms with Gasteiger partial charge in [-0.25, -0.2) is 4.98 Å². The summed E-state index contributed by atoms with van der Waals surface area (Å²) in [7, 11) is 1.71. The number of anilines is 1. The number of benzene rings is 1. The molecule has 1 aromatic heterocycles. The van der Waals surface area contributed by atoms with Crippen molar-refractivity contribution >= 4 is 35.1 Å². The third kappa shape index (κ3) is 3.52. The fourth-order valence-electron chi connectivity index (χ4n) is 2.53. The van der Waals surface area contributed by atoms with Crippen LogP contribution in [0.4, 0.5) is 5.69 Å². The van der Waals surface area contributed by atoms with Gasteiger partial charge in [-0.1, -0.05) is 36.9 Å². The minimum Gasteiger partial charge on any atom is -0.325 e. The summed E-state index contributed by atoms with van der Waals surface area (Å²) in [5, 5.41) is 3.87. The zero-order valence-corrected chi connectivity index (χ0v) is 15.5. The summed E-state index contributed by atoms with van der Waals surface area (Å²) in [6.45, 7) is 4.04. The van der Waals surface area contributed by atoms with Crippen molar-refractivity contribution in [1.82, 2.24) is 9.55 Å². The molecule has 0 bridgehead atoms. The van der Waals surface area contributed by atoms with Crippen LogP contribution in [0.1, 0.15) is 18.2 Å². The minimum absolute atomic E-state index is 0.0174. The van der Waals surface area contributed by atoms with E-state index >= 15 is 0 Å². The first-order valence-corrected chi connectivity index (χ1v) is 9.57. The van der Waals surface area contributed by atoms with Crippen molar-refractivity contribution in [2.75, 3.05) is 11.1 Å². The van der Waals surface area contributed by atoms with Crippen molar-refractivity contribution in [1.29, 1.82) is 0 Å². The second-order valence-electron chi connectivity index (χ2n) is 5.82. The van der Waals surface area contributed by atoms with Gasteiger partial charge in [0.25, 0.3) is 5.56 Å². The van der Waals surface area contributed by atoms with Crippen LogP contribution in [0.5, 0.6) is 0 Å². The van der Waals surface area contributed by atoms with Crippen LogP contribution in [-0.4, -0.2) is 26.5 Å². The summed E-state index contributed by atoms with van der Waals surface area (Å²) < 4.78 is 1.54. The van der Waals surface area contributed by atoms with E-state index in [0.29, 0.717) is 10.4 Å². The van der Waals surface area contributed by atoms with E-state index in [1.807, 2.05) is 31.2 Å². The molecule has 3 rings (SSSR count). The van der Waals surface area contributed by atoms with Crippen molar-refractivity contribution in [3.05, 3.63) is 45.9 Å². The molecule has 0 radical (unpaired) electrons. The van der Waals surface area contributed by atoms with Gasteiger partial charge >= 0.3 is 0 Å². The number of para-hydroxylation sites is 1. The van der Waals surface area contributed by atoms with Gasteiger partial charge in [-0.05, 0) is 18.6 Å². The van der Waals surface area contributed by atoms with Gasteiger partial charge in [0.05, 0.1) is 16.3 Å². The molecule has 0 fully saturated rings. The van der Waals surface area contributed by atoms with E-state index in [2.05, 4.69) is 17.2 Å². The lowest BCUT2D eigenvalue weighted by molar-refractivity contribution is -0.113.